The first-order chi connectivity index (χ1) is 10.7. The Labute approximate surface area is 137 Å². The minimum atomic E-state index is 0.517. The van der Waals surface area contributed by atoms with Gasteiger partial charge in [0.2, 0.25) is 0 Å². The maximum absolute atomic E-state index is 11.8. The molecule has 4 bridgehead atoms. The molecule has 0 amide bonds. The Hall–Kier alpha value is -0.330. The Morgan fingerprint density at radius 2 is 1.36 bits per heavy atom. The van der Waals surface area contributed by atoms with E-state index in [0.717, 1.165) is 48.9 Å². The highest BCUT2D eigenvalue weighted by Crippen LogP contribution is 2.61. The van der Waals surface area contributed by atoms with Crippen LogP contribution in [0.4, 0.5) is 0 Å². The number of hydrogen-bond donors (Lipinski definition) is 0. The summed E-state index contributed by atoms with van der Waals surface area (Å²) in [5.74, 6) is 3.78. The van der Waals surface area contributed by atoms with Crippen molar-refractivity contribution in [2.24, 2.45) is 23.2 Å². The lowest BCUT2D eigenvalue weighted by Gasteiger charge is -2.57. The molecule has 4 aliphatic carbocycles. The molecule has 0 aromatic rings. The monoisotopic (exact) mass is 304 g/mol. The molecule has 0 N–H and O–H groups in total. The molecule has 0 aromatic carbocycles. The number of unbranched alkanes of at least 4 members (excludes halogenated alkanes) is 4. The van der Waals surface area contributed by atoms with E-state index in [1.807, 2.05) is 0 Å². The van der Waals surface area contributed by atoms with Gasteiger partial charge in [-0.15, -0.1) is 0 Å². The van der Waals surface area contributed by atoms with E-state index in [4.69, 9.17) is 0 Å². The van der Waals surface area contributed by atoms with Crippen LogP contribution in [0.1, 0.15) is 103 Å². The van der Waals surface area contributed by atoms with Crippen LogP contribution in [0.25, 0.3) is 0 Å². The summed E-state index contributed by atoms with van der Waals surface area (Å²) in [5.41, 5.74) is 0.750. The zero-order valence-corrected chi connectivity index (χ0v) is 14.7. The summed E-state index contributed by atoms with van der Waals surface area (Å²) in [5, 5.41) is 0. The number of carbonyl (C=O) groups excluding carboxylic acids is 1. The highest BCUT2D eigenvalue weighted by Gasteiger charge is 2.50. The van der Waals surface area contributed by atoms with Crippen LogP contribution in [0, 0.1) is 23.2 Å². The number of carbonyl (C=O) groups is 1. The van der Waals surface area contributed by atoms with Gasteiger partial charge in [0.05, 0.1) is 0 Å². The molecule has 22 heavy (non-hydrogen) atoms. The van der Waals surface area contributed by atoms with Crippen molar-refractivity contribution < 1.29 is 4.79 Å². The molecule has 4 aliphatic rings. The predicted octanol–water partition coefficient (Wildman–Crippen LogP) is 6.30. The quantitative estimate of drug-likeness (QED) is 0.433. The van der Waals surface area contributed by atoms with Crippen LogP contribution in [0.5, 0.6) is 0 Å². The molecule has 126 valence electrons. The van der Waals surface area contributed by atoms with Crippen molar-refractivity contribution in [2.75, 3.05) is 0 Å². The normalized spacial score (nSPS) is 36.0. The SMILES string of the molecule is CCCCCC(=O)CCCCCC12CC3CC(CC(C3)C1)C2. The van der Waals surface area contributed by atoms with Gasteiger partial charge in [-0.05, 0) is 81.0 Å². The van der Waals surface area contributed by atoms with E-state index in [1.165, 1.54) is 32.1 Å². The largest absolute Gasteiger partial charge is 0.300 e. The third kappa shape index (κ3) is 4.15. The van der Waals surface area contributed by atoms with Crippen molar-refractivity contribution in [2.45, 2.75) is 103 Å². The van der Waals surface area contributed by atoms with Crippen molar-refractivity contribution >= 4 is 5.78 Å². The summed E-state index contributed by atoms with van der Waals surface area (Å²) in [6.45, 7) is 2.20. The van der Waals surface area contributed by atoms with Gasteiger partial charge in [0, 0.05) is 12.8 Å². The molecule has 0 radical (unpaired) electrons. The first kappa shape index (κ1) is 16.5. The van der Waals surface area contributed by atoms with E-state index in [9.17, 15) is 4.79 Å². The molecular formula is C21H36O. The second-order valence-electron chi connectivity index (χ2n) is 8.97. The first-order valence-corrected chi connectivity index (χ1v) is 10.2. The van der Waals surface area contributed by atoms with E-state index in [0.29, 0.717) is 5.78 Å². The summed E-state index contributed by atoms with van der Waals surface area (Å²) < 4.78 is 0. The molecule has 0 atom stereocenters. The lowest BCUT2D eigenvalue weighted by atomic mass is 9.48. The van der Waals surface area contributed by atoms with Gasteiger partial charge >= 0.3 is 0 Å². The smallest absolute Gasteiger partial charge is 0.132 e. The second-order valence-corrected chi connectivity index (χ2v) is 8.97. The standard InChI is InChI=1S/C21H36O/c1-2-3-5-8-20(22)9-6-4-7-10-21-14-17-11-18(15-21)13-19(12-17)16-21/h17-19H,2-16H2,1H3. The van der Waals surface area contributed by atoms with E-state index in [1.54, 1.807) is 38.5 Å². The lowest BCUT2D eigenvalue weighted by molar-refractivity contribution is -0.119. The Balaban J connectivity index is 1.30. The Morgan fingerprint density at radius 1 is 0.818 bits per heavy atom. The molecule has 0 spiro atoms. The Bertz CT molecular complexity index is 335. The maximum Gasteiger partial charge on any atom is 0.132 e. The van der Waals surface area contributed by atoms with E-state index in [2.05, 4.69) is 6.92 Å². The molecule has 4 fully saturated rings. The van der Waals surface area contributed by atoms with Gasteiger partial charge in [0.15, 0.2) is 0 Å². The third-order valence-electron chi connectivity index (χ3n) is 6.89. The zero-order chi connectivity index (χ0) is 15.4. The average molecular weight is 305 g/mol. The van der Waals surface area contributed by atoms with Gasteiger partial charge in [0.1, 0.15) is 5.78 Å². The molecule has 0 aromatic heterocycles. The Morgan fingerprint density at radius 3 is 1.91 bits per heavy atom. The van der Waals surface area contributed by atoms with Crippen LogP contribution < -0.4 is 0 Å². The molecule has 0 aliphatic heterocycles. The minimum Gasteiger partial charge on any atom is -0.300 e. The summed E-state index contributed by atoms with van der Waals surface area (Å²) >= 11 is 0. The highest BCUT2D eigenvalue weighted by molar-refractivity contribution is 5.78. The van der Waals surface area contributed by atoms with Crippen molar-refractivity contribution in [3.8, 4) is 0 Å². The van der Waals surface area contributed by atoms with Gasteiger partial charge in [-0.3, -0.25) is 4.79 Å². The first-order valence-electron chi connectivity index (χ1n) is 10.2. The summed E-state index contributed by atoms with van der Waals surface area (Å²) in [6, 6.07) is 0. The topological polar surface area (TPSA) is 17.1 Å². The molecular weight excluding hydrogens is 268 g/mol. The number of rotatable bonds is 10. The fourth-order valence-corrected chi connectivity index (χ4v) is 6.29. The van der Waals surface area contributed by atoms with Gasteiger partial charge < -0.3 is 0 Å². The van der Waals surface area contributed by atoms with Crippen molar-refractivity contribution in [1.82, 2.24) is 0 Å². The number of ketones is 1. The van der Waals surface area contributed by atoms with Gasteiger partial charge in [-0.1, -0.05) is 32.6 Å². The van der Waals surface area contributed by atoms with Crippen LogP contribution in [-0.4, -0.2) is 5.78 Å². The number of Topliss-reactive ketones (excluding diaryl/α,β-unsaturated/α-hetero) is 1. The zero-order valence-electron chi connectivity index (χ0n) is 14.7. The molecule has 0 heterocycles. The highest BCUT2D eigenvalue weighted by atomic mass is 16.1. The fraction of sp³-hybridized carbons (Fsp3) is 0.952. The van der Waals surface area contributed by atoms with Crippen molar-refractivity contribution in [3.63, 3.8) is 0 Å². The molecule has 0 unspecified atom stereocenters. The van der Waals surface area contributed by atoms with Crippen molar-refractivity contribution in [1.29, 1.82) is 0 Å². The average Bonchev–Trinajstić information content (AvgIpc) is 2.45. The van der Waals surface area contributed by atoms with Crippen molar-refractivity contribution in [3.05, 3.63) is 0 Å². The van der Waals surface area contributed by atoms with Crippen LogP contribution in [0.3, 0.4) is 0 Å². The summed E-state index contributed by atoms with van der Waals surface area (Å²) in [4.78, 5) is 11.8. The lowest BCUT2D eigenvalue weighted by Crippen LogP contribution is -2.45. The van der Waals surface area contributed by atoms with Gasteiger partial charge in [-0.25, -0.2) is 0 Å². The van der Waals surface area contributed by atoms with E-state index < -0.39 is 0 Å². The molecule has 4 saturated carbocycles. The third-order valence-corrected chi connectivity index (χ3v) is 6.89. The molecule has 1 heteroatoms. The fourth-order valence-electron chi connectivity index (χ4n) is 6.29. The van der Waals surface area contributed by atoms with Crippen LogP contribution in [0.15, 0.2) is 0 Å². The molecule has 0 saturated heterocycles. The minimum absolute atomic E-state index is 0.517. The second kappa shape index (κ2) is 7.49. The van der Waals surface area contributed by atoms with E-state index in [-0.39, 0.29) is 0 Å². The summed E-state index contributed by atoms with van der Waals surface area (Å²) in [7, 11) is 0. The molecule has 1 nitrogen and oxygen atoms in total. The van der Waals surface area contributed by atoms with Gasteiger partial charge in [-0.2, -0.15) is 0 Å². The number of hydrogen-bond acceptors (Lipinski definition) is 1. The van der Waals surface area contributed by atoms with Crippen LogP contribution >= 0.6 is 0 Å². The van der Waals surface area contributed by atoms with Crippen LogP contribution in [0.2, 0.25) is 0 Å². The summed E-state index contributed by atoms with van der Waals surface area (Å²) in [6.07, 6.45) is 19.9. The Kier molecular flexibility index (Phi) is 5.63. The van der Waals surface area contributed by atoms with Gasteiger partial charge in [0.25, 0.3) is 0 Å². The molecule has 4 rings (SSSR count). The van der Waals surface area contributed by atoms with E-state index >= 15 is 0 Å². The maximum atomic E-state index is 11.8. The predicted molar refractivity (Wildman–Crippen MR) is 92.8 cm³/mol. The van der Waals surface area contributed by atoms with Crippen LogP contribution in [-0.2, 0) is 4.79 Å².